The topological polar surface area (TPSA) is 142 Å². The molecule has 1 unspecified atom stereocenters. The number of nitrogens with zero attached hydrogens (tertiary/aromatic N) is 3. The number of hydrogen-bond donors (Lipinski definition) is 3. The summed E-state index contributed by atoms with van der Waals surface area (Å²) in [5.41, 5.74) is 0. The average Bonchev–Trinajstić information content (AvgIpc) is 3.15. The number of carboxylic acid groups (broad SMARTS) is 2. The molecule has 4 heterocycles. The fourth-order valence-electron chi connectivity index (χ4n) is 3.21. The predicted molar refractivity (Wildman–Crippen MR) is 90.9 cm³/mol. The zero-order valence-corrected chi connectivity index (χ0v) is 16.1. The second-order valence-electron chi connectivity index (χ2n) is 6.06. The van der Waals surface area contributed by atoms with Crippen LogP contribution in [0.2, 0.25) is 0 Å². The molecule has 3 atom stereocenters. The summed E-state index contributed by atoms with van der Waals surface area (Å²) in [6, 6.07) is -0.285. The molecule has 1 aromatic heterocycles. The third kappa shape index (κ3) is 4.16. The molecular formula is C14H13F3N4O6S2. The van der Waals surface area contributed by atoms with E-state index in [0.29, 0.717) is 0 Å². The van der Waals surface area contributed by atoms with Gasteiger partial charge in [0, 0.05) is 5.92 Å². The van der Waals surface area contributed by atoms with Crippen molar-refractivity contribution in [2.45, 2.75) is 35.9 Å². The van der Waals surface area contributed by atoms with Gasteiger partial charge in [-0.05, 0) is 19.9 Å². The molecule has 10 nitrogen and oxygen atoms in total. The largest absolute Gasteiger partial charge is 0.512 e. The first-order chi connectivity index (χ1) is 13.5. The third-order valence-electron chi connectivity index (χ3n) is 4.27. The van der Waals surface area contributed by atoms with E-state index in [-0.39, 0.29) is 29.8 Å². The van der Waals surface area contributed by atoms with Gasteiger partial charge < -0.3 is 20.3 Å². The standard InChI is InChI=1S/C12H12N4O4S2.C2HF3O2/c1-4-14-15-11(21-4)22-8-5-2-3-13-6-7(5)16(9(6)17)10(8)20-12(18)19;3-2(4,5)1(6)7/h5-7,13H,2-3H2,1H3,(H,18,19);(H,6,7)/t5?,6-,7+;/m0./s1. The molecule has 29 heavy (non-hydrogen) atoms. The molecule has 1 amide bonds. The maximum absolute atomic E-state index is 12.2. The summed E-state index contributed by atoms with van der Waals surface area (Å²) in [4.78, 5) is 34.3. The Morgan fingerprint density at radius 2 is 2.00 bits per heavy atom. The van der Waals surface area contributed by atoms with Crippen LogP contribution in [0.25, 0.3) is 0 Å². The van der Waals surface area contributed by atoms with Crippen LogP contribution in [0, 0.1) is 12.8 Å². The van der Waals surface area contributed by atoms with Crippen LogP contribution in [0.15, 0.2) is 15.1 Å². The molecule has 1 aromatic rings. The van der Waals surface area contributed by atoms with Crippen molar-refractivity contribution in [1.82, 2.24) is 20.4 Å². The maximum atomic E-state index is 12.2. The highest BCUT2D eigenvalue weighted by atomic mass is 32.2. The monoisotopic (exact) mass is 454 g/mol. The molecule has 3 aliphatic rings. The number of piperidine rings is 1. The van der Waals surface area contributed by atoms with E-state index in [9.17, 15) is 22.8 Å². The number of aromatic nitrogens is 2. The number of aryl methyl sites for hydroxylation is 1. The molecule has 15 heteroatoms. The van der Waals surface area contributed by atoms with E-state index < -0.39 is 18.3 Å². The lowest BCUT2D eigenvalue weighted by Crippen LogP contribution is -2.71. The van der Waals surface area contributed by atoms with E-state index in [1.807, 2.05) is 6.92 Å². The summed E-state index contributed by atoms with van der Waals surface area (Å²) >= 11 is 2.79. The predicted octanol–water partition coefficient (Wildman–Crippen LogP) is 1.64. The van der Waals surface area contributed by atoms with Crippen molar-refractivity contribution >= 4 is 41.1 Å². The summed E-state index contributed by atoms with van der Waals surface area (Å²) in [7, 11) is 0. The lowest BCUT2D eigenvalue weighted by atomic mass is 9.82. The maximum Gasteiger partial charge on any atom is 0.512 e. The molecule has 2 fully saturated rings. The first-order valence-electron chi connectivity index (χ1n) is 8.00. The Morgan fingerprint density at radius 3 is 2.52 bits per heavy atom. The van der Waals surface area contributed by atoms with Crippen LogP contribution in [0.5, 0.6) is 0 Å². The van der Waals surface area contributed by atoms with E-state index in [2.05, 4.69) is 15.5 Å². The van der Waals surface area contributed by atoms with Crippen molar-refractivity contribution in [2.24, 2.45) is 5.92 Å². The van der Waals surface area contributed by atoms with Gasteiger partial charge >= 0.3 is 18.3 Å². The molecule has 0 bridgehead atoms. The first kappa shape index (κ1) is 21.3. The molecule has 0 spiro atoms. The minimum atomic E-state index is -5.08. The number of thioether (sulfide) groups is 1. The van der Waals surface area contributed by atoms with Gasteiger partial charge in [-0.15, -0.1) is 10.2 Å². The molecule has 3 N–H and O–H groups in total. The van der Waals surface area contributed by atoms with Crippen LogP contribution >= 0.6 is 23.1 Å². The second-order valence-corrected chi connectivity index (χ2v) is 8.53. The van der Waals surface area contributed by atoms with Crippen molar-refractivity contribution in [3.8, 4) is 0 Å². The van der Waals surface area contributed by atoms with Crippen LogP contribution in [0.3, 0.4) is 0 Å². The normalized spacial score (nSPS) is 25.0. The Morgan fingerprint density at radius 1 is 1.34 bits per heavy atom. The summed E-state index contributed by atoms with van der Waals surface area (Å²) in [5.74, 6) is -2.65. The number of amides is 1. The molecule has 3 aliphatic heterocycles. The number of alkyl halides is 3. The van der Waals surface area contributed by atoms with Gasteiger partial charge in [0.15, 0.2) is 4.34 Å². The van der Waals surface area contributed by atoms with Gasteiger partial charge in [0.2, 0.25) is 11.8 Å². The molecular weight excluding hydrogens is 441 g/mol. The highest BCUT2D eigenvalue weighted by molar-refractivity contribution is 8.04. The number of aliphatic carboxylic acids is 1. The Kier molecular flexibility index (Phi) is 5.73. The Bertz CT molecular complexity index is 889. The minimum absolute atomic E-state index is 0.0490. The fraction of sp³-hybridized carbons (Fsp3) is 0.500. The van der Waals surface area contributed by atoms with Gasteiger partial charge in [-0.1, -0.05) is 23.1 Å². The third-order valence-corrected chi connectivity index (χ3v) is 6.36. The fourth-order valence-corrected chi connectivity index (χ4v) is 5.33. The number of ether oxygens (including phenoxy) is 1. The Hall–Kier alpha value is -2.39. The number of rotatable bonds is 3. The van der Waals surface area contributed by atoms with E-state index >= 15 is 0 Å². The first-order valence-corrected chi connectivity index (χ1v) is 9.63. The molecule has 0 saturated carbocycles. The average molecular weight is 454 g/mol. The van der Waals surface area contributed by atoms with E-state index in [1.54, 1.807) is 0 Å². The van der Waals surface area contributed by atoms with Crippen molar-refractivity contribution in [3.63, 3.8) is 0 Å². The van der Waals surface area contributed by atoms with Gasteiger partial charge in [0.25, 0.3) is 0 Å². The summed E-state index contributed by atoms with van der Waals surface area (Å²) in [6.45, 7) is 2.58. The van der Waals surface area contributed by atoms with Crippen LogP contribution in [-0.2, 0) is 14.3 Å². The van der Waals surface area contributed by atoms with Gasteiger partial charge in [-0.3, -0.25) is 9.69 Å². The molecule has 0 radical (unpaired) electrons. The molecule has 0 aromatic carbocycles. The Balaban J connectivity index is 0.000000298. The van der Waals surface area contributed by atoms with Gasteiger partial charge in [0.1, 0.15) is 11.0 Å². The van der Waals surface area contributed by atoms with Crippen molar-refractivity contribution < 1.29 is 42.5 Å². The lowest BCUT2D eigenvalue weighted by Gasteiger charge is -2.48. The summed E-state index contributed by atoms with van der Waals surface area (Å²) in [6.07, 6.45) is -5.67. The van der Waals surface area contributed by atoms with Crippen molar-refractivity contribution in [2.75, 3.05) is 6.54 Å². The summed E-state index contributed by atoms with van der Waals surface area (Å²) in [5, 5.41) is 28.1. The molecule has 4 rings (SSSR count). The number of β-lactam (4-membered cyclic amide) rings is 1. The number of carboxylic acids is 1. The van der Waals surface area contributed by atoms with E-state index in [4.69, 9.17) is 19.7 Å². The van der Waals surface area contributed by atoms with Crippen LogP contribution in [0.4, 0.5) is 18.0 Å². The van der Waals surface area contributed by atoms with Crippen LogP contribution in [-0.4, -0.2) is 68.1 Å². The molecule has 2 saturated heterocycles. The number of halogens is 3. The van der Waals surface area contributed by atoms with Gasteiger partial charge in [0.05, 0.1) is 10.9 Å². The summed E-state index contributed by atoms with van der Waals surface area (Å²) < 4.78 is 37.4. The SMILES string of the molecule is Cc1nnc(SC2=C(OC(=O)O)N3C(=O)[C@H]4NCCC2[C@H]43)s1.O=C(O)C(F)(F)F. The van der Waals surface area contributed by atoms with Crippen molar-refractivity contribution in [1.29, 1.82) is 0 Å². The number of carbonyl (C=O) groups excluding carboxylic acids is 1. The Labute approximate surface area is 168 Å². The zero-order valence-electron chi connectivity index (χ0n) is 14.5. The smallest absolute Gasteiger partial charge is 0.475 e. The molecule has 158 valence electrons. The highest BCUT2D eigenvalue weighted by Gasteiger charge is 2.61. The minimum Gasteiger partial charge on any atom is -0.475 e. The quantitative estimate of drug-likeness (QED) is 0.456. The highest BCUT2D eigenvalue weighted by Crippen LogP contribution is 2.52. The van der Waals surface area contributed by atoms with E-state index in [1.165, 1.54) is 28.0 Å². The van der Waals surface area contributed by atoms with E-state index in [0.717, 1.165) is 27.2 Å². The number of nitrogens with one attached hydrogen (secondary N) is 1. The van der Waals surface area contributed by atoms with Crippen molar-refractivity contribution in [3.05, 3.63) is 15.8 Å². The number of carbonyl (C=O) groups is 3. The second kappa shape index (κ2) is 7.79. The van der Waals surface area contributed by atoms with Gasteiger partial charge in [-0.25, -0.2) is 9.59 Å². The van der Waals surface area contributed by atoms with Gasteiger partial charge in [-0.2, -0.15) is 13.2 Å². The zero-order chi connectivity index (χ0) is 21.5. The number of hydrogen-bond acceptors (Lipinski definition) is 9. The lowest BCUT2D eigenvalue weighted by molar-refractivity contribution is -0.192. The molecule has 0 aliphatic carbocycles. The van der Waals surface area contributed by atoms with Crippen LogP contribution in [0.1, 0.15) is 11.4 Å². The van der Waals surface area contributed by atoms with Crippen LogP contribution < -0.4 is 5.32 Å².